The summed E-state index contributed by atoms with van der Waals surface area (Å²) < 4.78 is 11.5. The molecule has 3 aliphatic heterocycles. The zero-order chi connectivity index (χ0) is 22.5. The predicted molar refractivity (Wildman–Crippen MR) is 120 cm³/mol. The number of benzene rings is 2. The zero-order valence-electron chi connectivity index (χ0n) is 18.0. The maximum atomic E-state index is 13.5. The Labute approximate surface area is 192 Å². The van der Waals surface area contributed by atoms with Gasteiger partial charge in [-0.3, -0.25) is 9.59 Å². The normalized spacial score (nSPS) is 28.7. The van der Waals surface area contributed by atoms with E-state index in [0.717, 1.165) is 16.9 Å². The van der Waals surface area contributed by atoms with E-state index < -0.39 is 17.4 Å². The number of carbonyl (C=O) groups excluding carboxylic acids is 2. The van der Waals surface area contributed by atoms with Gasteiger partial charge in [-0.2, -0.15) is 0 Å². The van der Waals surface area contributed by atoms with Gasteiger partial charge in [-0.15, -0.1) is 0 Å². The standard InChI is InChI=1S/C25H25ClN2O4/c1-15(17-5-9-19(31-2)10-6-17)28-14-25-12-11-20(32-25)21(22(25)24(28)30)23(29)27-13-16-3-7-18(26)8-4-16/h3-12,15,20-22H,13-14H2,1-2H3,(H,27,29)/t15?,20-,21?,22?,25-/m1/s1. The van der Waals surface area contributed by atoms with Crippen LogP contribution in [-0.4, -0.2) is 42.1 Å². The molecule has 166 valence electrons. The number of hydrogen-bond donors (Lipinski definition) is 1. The van der Waals surface area contributed by atoms with E-state index in [9.17, 15) is 9.59 Å². The van der Waals surface area contributed by atoms with Crippen molar-refractivity contribution in [1.29, 1.82) is 0 Å². The molecule has 6 nitrogen and oxygen atoms in total. The number of ether oxygens (including phenoxy) is 2. The Kier molecular flexibility index (Phi) is 5.22. The first-order valence-corrected chi connectivity index (χ1v) is 11.1. The molecule has 0 radical (unpaired) electrons. The van der Waals surface area contributed by atoms with Crippen LogP contribution in [0.1, 0.15) is 24.1 Å². The predicted octanol–water partition coefficient (Wildman–Crippen LogP) is 3.51. The van der Waals surface area contributed by atoms with Crippen molar-refractivity contribution < 1.29 is 19.1 Å². The van der Waals surface area contributed by atoms with Crippen LogP contribution in [0.4, 0.5) is 0 Å². The van der Waals surface area contributed by atoms with E-state index in [1.807, 2.05) is 60.4 Å². The summed E-state index contributed by atoms with van der Waals surface area (Å²) in [7, 11) is 1.63. The molecule has 5 atom stereocenters. The fourth-order valence-corrected chi connectivity index (χ4v) is 5.25. The van der Waals surface area contributed by atoms with E-state index >= 15 is 0 Å². The maximum Gasteiger partial charge on any atom is 0.230 e. The maximum absolute atomic E-state index is 13.5. The van der Waals surface area contributed by atoms with Gasteiger partial charge in [0.1, 0.15) is 11.4 Å². The number of likely N-dealkylation sites (tertiary alicyclic amines) is 1. The lowest BCUT2D eigenvalue weighted by atomic mass is 9.77. The second-order valence-corrected chi connectivity index (χ2v) is 9.10. The third-order valence-corrected chi connectivity index (χ3v) is 7.13. The summed E-state index contributed by atoms with van der Waals surface area (Å²) in [4.78, 5) is 28.5. The number of nitrogens with zero attached hydrogens (tertiary/aromatic N) is 1. The van der Waals surface area contributed by atoms with Crippen molar-refractivity contribution in [3.63, 3.8) is 0 Å². The highest BCUT2D eigenvalue weighted by atomic mass is 35.5. The molecule has 3 unspecified atom stereocenters. The van der Waals surface area contributed by atoms with Gasteiger partial charge in [-0.1, -0.05) is 48.0 Å². The van der Waals surface area contributed by atoms with Crippen LogP contribution >= 0.6 is 11.6 Å². The van der Waals surface area contributed by atoms with E-state index in [1.165, 1.54) is 0 Å². The molecule has 32 heavy (non-hydrogen) atoms. The first-order valence-electron chi connectivity index (χ1n) is 10.8. The van der Waals surface area contributed by atoms with Gasteiger partial charge in [0.15, 0.2) is 0 Å². The average molecular weight is 453 g/mol. The molecule has 1 N–H and O–H groups in total. The van der Waals surface area contributed by atoms with Crippen molar-refractivity contribution in [2.45, 2.75) is 31.2 Å². The largest absolute Gasteiger partial charge is 0.497 e. The molecule has 2 fully saturated rings. The van der Waals surface area contributed by atoms with E-state index in [0.29, 0.717) is 18.1 Å². The number of amides is 2. The summed E-state index contributed by atoms with van der Waals surface area (Å²) in [6.07, 6.45) is 3.54. The highest BCUT2D eigenvalue weighted by Gasteiger charge is 2.67. The number of rotatable bonds is 6. The second-order valence-electron chi connectivity index (χ2n) is 8.66. The summed E-state index contributed by atoms with van der Waals surface area (Å²) in [6, 6.07) is 14.9. The van der Waals surface area contributed by atoms with Crippen LogP contribution in [0.2, 0.25) is 5.02 Å². The van der Waals surface area contributed by atoms with Gasteiger partial charge >= 0.3 is 0 Å². The molecule has 2 bridgehead atoms. The Hall–Kier alpha value is -2.83. The number of nitrogens with one attached hydrogen (secondary N) is 1. The number of methoxy groups -OCH3 is 1. The van der Waals surface area contributed by atoms with Crippen LogP contribution in [0.15, 0.2) is 60.7 Å². The number of hydrogen-bond acceptors (Lipinski definition) is 4. The molecule has 0 saturated carbocycles. The van der Waals surface area contributed by atoms with Gasteiger partial charge in [-0.25, -0.2) is 0 Å². The topological polar surface area (TPSA) is 67.9 Å². The monoisotopic (exact) mass is 452 g/mol. The molecule has 2 saturated heterocycles. The third kappa shape index (κ3) is 3.38. The Morgan fingerprint density at radius 2 is 1.97 bits per heavy atom. The van der Waals surface area contributed by atoms with E-state index in [-0.39, 0.29) is 24.0 Å². The zero-order valence-corrected chi connectivity index (χ0v) is 18.7. The summed E-state index contributed by atoms with van der Waals surface area (Å²) in [5.74, 6) is -0.469. The number of fused-ring (bicyclic) bond motifs is 1. The Morgan fingerprint density at radius 3 is 2.66 bits per heavy atom. The van der Waals surface area contributed by atoms with Gasteiger partial charge in [0, 0.05) is 11.6 Å². The molecule has 1 spiro atoms. The molecule has 2 aromatic rings. The molecule has 2 amide bonds. The average Bonchev–Trinajstić information content (AvgIpc) is 3.46. The van der Waals surface area contributed by atoms with Crippen LogP contribution < -0.4 is 10.1 Å². The van der Waals surface area contributed by atoms with Crippen LogP contribution in [0, 0.1) is 11.8 Å². The lowest BCUT2D eigenvalue weighted by Crippen LogP contribution is -2.44. The molecule has 0 aromatic heterocycles. The van der Waals surface area contributed by atoms with Gasteiger partial charge in [0.05, 0.1) is 37.6 Å². The highest BCUT2D eigenvalue weighted by molar-refractivity contribution is 6.30. The van der Waals surface area contributed by atoms with E-state index in [1.54, 1.807) is 19.2 Å². The molecule has 7 heteroatoms. The fraction of sp³-hybridized carbons (Fsp3) is 0.360. The van der Waals surface area contributed by atoms with Crippen molar-refractivity contribution in [2.24, 2.45) is 11.8 Å². The van der Waals surface area contributed by atoms with Gasteiger partial charge in [0.2, 0.25) is 11.8 Å². The molecule has 0 aliphatic carbocycles. The highest BCUT2D eigenvalue weighted by Crippen LogP contribution is 2.53. The van der Waals surface area contributed by atoms with Crippen LogP contribution in [-0.2, 0) is 20.9 Å². The lowest BCUT2D eigenvalue weighted by molar-refractivity contribution is -0.138. The molecule has 3 aliphatic rings. The Morgan fingerprint density at radius 1 is 1.25 bits per heavy atom. The Bertz CT molecular complexity index is 1070. The molecule has 5 rings (SSSR count). The van der Waals surface area contributed by atoms with Crippen molar-refractivity contribution in [3.8, 4) is 5.75 Å². The molecular weight excluding hydrogens is 428 g/mol. The third-order valence-electron chi connectivity index (χ3n) is 6.88. The molecule has 2 aromatic carbocycles. The van der Waals surface area contributed by atoms with Crippen molar-refractivity contribution in [1.82, 2.24) is 10.2 Å². The Balaban J connectivity index is 1.33. The van der Waals surface area contributed by atoms with Crippen LogP contribution in [0.3, 0.4) is 0 Å². The van der Waals surface area contributed by atoms with Gasteiger partial charge in [-0.05, 0) is 42.3 Å². The van der Waals surface area contributed by atoms with E-state index in [2.05, 4.69) is 5.32 Å². The van der Waals surface area contributed by atoms with Crippen molar-refractivity contribution in [3.05, 3.63) is 76.8 Å². The summed E-state index contributed by atoms with van der Waals surface area (Å²) in [6.45, 7) is 2.82. The summed E-state index contributed by atoms with van der Waals surface area (Å²) >= 11 is 5.94. The fourth-order valence-electron chi connectivity index (χ4n) is 5.13. The summed E-state index contributed by atoms with van der Waals surface area (Å²) in [5.41, 5.74) is 1.23. The SMILES string of the molecule is COc1ccc(C(C)N2C[C@@]34C=C[C@@H](O3)C(C(=O)NCc3ccc(Cl)cc3)C4C2=O)cc1. The van der Waals surface area contributed by atoms with Gasteiger partial charge < -0.3 is 19.7 Å². The minimum Gasteiger partial charge on any atom is -0.497 e. The minimum atomic E-state index is -0.731. The smallest absolute Gasteiger partial charge is 0.230 e. The second kappa shape index (κ2) is 7.94. The van der Waals surface area contributed by atoms with Gasteiger partial charge in [0.25, 0.3) is 0 Å². The number of carbonyl (C=O) groups is 2. The lowest BCUT2D eigenvalue weighted by Gasteiger charge is -2.28. The first-order chi connectivity index (χ1) is 15.4. The minimum absolute atomic E-state index is 0.0354. The molecule has 3 heterocycles. The van der Waals surface area contributed by atoms with Crippen LogP contribution in [0.25, 0.3) is 0 Å². The first kappa shape index (κ1) is 21.0. The van der Waals surface area contributed by atoms with Crippen molar-refractivity contribution >= 4 is 23.4 Å². The van der Waals surface area contributed by atoms with E-state index in [4.69, 9.17) is 21.1 Å². The number of halogens is 1. The summed E-state index contributed by atoms with van der Waals surface area (Å²) in [5, 5.41) is 3.63. The van der Waals surface area contributed by atoms with Crippen molar-refractivity contribution in [2.75, 3.05) is 13.7 Å². The quantitative estimate of drug-likeness (QED) is 0.681. The molecular formula is C25H25ClN2O4. The van der Waals surface area contributed by atoms with Crippen LogP contribution in [0.5, 0.6) is 5.75 Å².